The fourth-order valence-electron chi connectivity index (χ4n) is 1.04. The van der Waals surface area contributed by atoms with Crippen molar-refractivity contribution in [1.82, 2.24) is 0 Å². The standard InChI is InChI=1S/C9H9Br2NO4S/c1-16-6-2-4-7(5-3-6)17(14,15)9(10,11)8(12)13/h2-5H,1H3,(H2,12,13). The molecule has 8 heteroatoms. The Morgan fingerprint density at radius 2 is 1.76 bits per heavy atom. The third kappa shape index (κ3) is 2.63. The minimum absolute atomic E-state index is 0.0501. The van der Waals surface area contributed by atoms with Gasteiger partial charge in [-0.3, -0.25) is 4.79 Å². The zero-order valence-electron chi connectivity index (χ0n) is 8.68. The highest BCUT2D eigenvalue weighted by molar-refractivity contribution is 9.28. The van der Waals surface area contributed by atoms with E-state index in [9.17, 15) is 13.2 Å². The van der Waals surface area contributed by atoms with E-state index in [2.05, 4.69) is 31.9 Å². The smallest absolute Gasteiger partial charge is 0.262 e. The number of methoxy groups -OCH3 is 1. The second-order valence-corrected chi connectivity index (χ2v) is 9.64. The van der Waals surface area contributed by atoms with Crippen LogP contribution in [0.4, 0.5) is 0 Å². The van der Waals surface area contributed by atoms with E-state index in [0.717, 1.165) is 0 Å². The second kappa shape index (κ2) is 4.95. The Balaban J connectivity index is 3.27. The number of hydrogen-bond acceptors (Lipinski definition) is 4. The molecule has 1 aromatic rings. The molecule has 5 nitrogen and oxygen atoms in total. The van der Waals surface area contributed by atoms with Crippen molar-refractivity contribution in [3.05, 3.63) is 24.3 Å². The minimum Gasteiger partial charge on any atom is -0.497 e. The van der Waals surface area contributed by atoms with Gasteiger partial charge < -0.3 is 10.5 Å². The Hall–Kier alpha value is -0.600. The van der Waals surface area contributed by atoms with E-state index >= 15 is 0 Å². The van der Waals surface area contributed by atoms with E-state index in [1.54, 1.807) is 0 Å². The van der Waals surface area contributed by atoms with Crippen LogP contribution < -0.4 is 10.5 Å². The zero-order valence-corrected chi connectivity index (χ0v) is 12.7. The topological polar surface area (TPSA) is 86.5 Å². The molecule has 0 saturated heterocycles. The molecule has 0 bridgehead atoms. The number of halogens is 2. The van der Waals surface area contributed by atoms with Crippen molar-refractivity contribution in [1.29, 1.82) is 0 Å². The fourth-order valence-corrected chi connectivity index (χ4v) is 3.21. The highest BCUT2D eigenvalue weighted by atomic mass is 79.9. The predicted octanol–water partition coefficient (Wildman–Crippen LogP) is 1.40. The van der Waals surface area contributed by atoms with Crippen LogP contribution in [-0.4, -0.2) is 24.0 Å². The number of hydrogen-bond donors (Lipinski definition) is 1. The molecule has 17 heavy (non-hydrogen) atoms. The molecule has 0 fully saturated rings. The molecule has 0 aliphatic rings. The van der Waals surface area contributed by atoms with Gasteiger partial charge >= 0.3 is 0 Å². The molecule has 0 radical (unpaired) electrons. The summed E-state index contributed by atoms with van der Waals surface area (Å²) < 4.78 is 27.0. The largest absolute Gasteiger partial charge is 0.497 e. The minimum atomic E-state index is -3.96. The first-order chi connectivity index (χ1) is 7.73. The van der Waals surface area contributed by atoms with E-state index in [4.69, 9.17) is 10.5 Å². The summed E-state index contributed by atoms with van der Waals surface area (Å²) in [5, 5.41) is 0. The number of benzene rings is 1. The van der Waals surface area contributed by atoms with Crippen LogP contribution >= 0.6 is 31.9 Å². The maximum absolute atomic E-state index is 12.1. The summed E-state index contributed by atoms with van der Waals surface area (Å²) >= 11 is 5.53. The van der Waals surface area contributed by atoms with Gasteiger partial charge in [0.2, 0.25) is 9.84 Å². The highest BCUT2D eigenvalue weighted by Crippen LogP contribution is 2.37. The van der Waals surface area contributed by atoms with Crippen molar-refractivity contribution < 1.29 is 17.9 Å². The van der Waals surface area contributed by atoms with Crippen molar-refractivity contribution >= 4 is 47.6 Å². The third-order valence-corrected chi connectivity index (χ3v) is 7.10. The molecule has 2 N–H and O–H groups in total. The van der Waals surface area contributed by atoms with Crippen LogP contribution in [0, 0.1) is 0 Å². The molecule has 0 saturated carbocycles. The molecule has 0 aromatic heterocycles. The maximum atomic E-state index is 12.1. The maximum Gasteiger partial charge on any atom is 0.262 e. The number of alkyl halides is 2. The monoisotopic (exact) mass is 385 g/mol. The van der Waals surface area contributed by atoms with Crippen LogP contribution in [0.2, 0.25) is 0 Å². The van der Waals surface area contributed by atoms with Gasteiger partial charge in [0, 0.05) is 0 Å². The highest BCUT2D eigenvalue weighted by Gasteiger charge is 2.45. The van der Waals surface area contributed by atoms with Crippen LogP contribution in [0.5, 0.6) is 5.75 Å². The second-order valence-electron chi connectivity index (χ2n) is 3.06. The van der Waals surface area contributed by atoms with Gasteiger partial charge in [-0.25, -0.2) is 8.42 Å². The molecule has 0 atom stereocenters. The summed E-state index contributed by atoms with van der Waals surface area (Å²) in [5.41, 5.74) is 5.01. The Labute approximate surface area is 116 Å². The van der Waals surface area contributed by atoms with Crippen LogP contribution in [-0.2, 0) is 14.6 Å². The Morgan fingerprint density at radius 1 is 1.29 bits per heavy atom. The molecule has 0 unspecified atom stereocenters. The molecule has 1 rings (SSSR count). The van der Waals surface area contributed by atoms with Gasteiger partial charge in [-0.1, -0.05) is 0 Å². The first-order valence-electron chi connectivity index (χ1n) is 4.30. The number of primary amides is 1. The average Bonchev–Trinajstić information content (AvgIpc) is 2.28. The lowest BCUT2D eigenvalue weighted by atomic mass is 10.3. The van der Waals surface area contributed by atoms with Crippen LogP contribution in [0.15, 0.2) is 29.2 Å². The summed E-state index contributed by atoms with van der Waals surface area (Å²) in [7, 11) is -2.50. The number of carbonyl (C=O) groups excluding carboxylic acids is 1. The van der Waals surface area contributed by atoms with Gasteiger partial charge in [-0.2, -0.15) is 0 Å². The Morgan fingerprint density at radius 3 is 2.12 bits per heavy atom. The van der Waals surface area contributed by atoms with Gasteiger partial charge in [0.15, 0.2) is 0 Å². The number of nitrogens with two attached hydrogens (primary N) is 1. The van der Waals surface area contributed by atoms with Crippen LogP contribution in [0.25, 0.3) is 0 Å². The van der Waals surface area contributed by atoms with E-state index in [0.29, 0.717) is 5.75 Å². The normalized spacial score (nSPS) is 12.2. The quantitative estimate of drug-likeness (QED) is 0.792. The van der Waals surface area contributed by atoms with Gasteiger partial charge in [-0.15, -0.1) is 0 Å². The summed E-state index contributed by atoms with van der Waals surface area (Å²) in [6.45, 7) is 0. The summed E-state index contributed by atoms with van der Waals surface area (Å²) in [6.07, 6.45) is 0. The number of rotatable bonds is 4. The van der Waals surface area contributed by atoms with E-state index in [1.165, 1.54) is 31.4 Å². The van der Waals surface area contributed by atoms with Crippen LogP contribution in [0.1, 0.15) is 0 Å². The van der Waals surface area contributed by atoms with Gasteiger partial charge in [0.1, 0.15) is 5.75 Å². The van der Waals surface area contributed by atoms with Crippen LogP contribution in [0.3, 0.4) is 0 Å². The number of carbonyl (C=O) groups is 1. The third-order valence-electron chi connectivity index (χ3n) is 1.99. The summed E-state index contributed by atoms with van der Waals surface area (Å²) in [4.78, 5) is 11.0. The summed E-state index contributed by atoms with van der Waals surface area (Å²) in [6, 6.07) is 5.61. The summed E-state index contributed by atoms with van der Waals surface area (Å²) in [5.74, 6) is -0.536. The van der Waals surface area contributed by atoms with E-state index < -0.39 is 18.3 Å². The lowest BCUT2D eigenvalue weighted by Gasteiger charge is -2.17. The molecule has 0 spiro atoms. The van der Waals surface area contributed by atoms with Crippen molar-refractivity contribution in [3.63, 3.8) is 0 Å². The van der Waals surface area contributed by atoms with Crippen molar-refractivity contribution in [2.45, 2.75) is 7.46 Å². The van der Waals surface area contributed by atoms with Crippen molar-refractivity contribution in [2.24, 2.45) is 5.73 Å². The first kappa shape index (κ1) is 14.5. The lowest BCUT2D eigenvalue weighted by Crippen LogP contribution is -2.39. The van der Waals surface area contributed by atoms with E-state index in [-0.39, 0.29) is 4.90 Å². The molecular weight excluding hydrogens is 378 g/mol. The molecule has 1 aromatic carbocycles. The first-order valence-corrected chi connectivity index (χ1v) is 7.37. The number of sulfone groups is 1. The van der Waals surface area contributed by atoms with Crippen molar-refractivity contribution in [2.75, 3.05) is 7.11 Å². The average molecular weight is 387 g/mol. The molecule has 0 heterocycles. The van der Waals surface area contributed by atoms with Crippen molar-refractivity contribution in [3.8, 4) is 5.75 Å². The van der Waals surface area contributed by atoms with E-state index in [1.807, 2.05) is 0 Å². The Bertz CT molecular complexity index is 524. The Kier molecular flexibility index (Phi) is 4.21. The number of ether oxygens (including phenoxy) is 1. The van der Waals surface area contributed by atoms with Gasteiger partial charge in [0.25, 0.3) is 8.47 Å². The van der Waals surface area contributed by atoms with Gasteiger partial charge in [0.05, 0.1) is 12.0 Å². The molecule has 0 aliphatic carbocycles. The zero-order chi connectivity index (χ0) is 13.3. The molecular formula is C9H9Br2NO4S. The molecule has 94 valence electrons. The number of amides is 1. The predicted molar refractivity (Wildman–Crippen MR) is 70.0 cm³/mol. The SMILES string of the molecule is COc1ccc(S(=O)(=O)C(Br)(Br)C(N)=O)cc1. The molecule has 1 amide bonds. The fraction of sp³-hybridized carbons (Fsp3) is 0.222. The van der Waals surface area contributed by atoms with Gasteiger partial charge in [-0.05, 0) is 56.1 Å². The lowest BCUT2D eigenvalue weighted by molar-refractivity contribution is -0.116. The molecule has 0 aliphatic heterocycles.